The molecular weight excluding hydrogens is 469 g/mol. The van der Waals surface area contributed by atoms with Crippen molar-refractivity contribution in [3.63, 3.8) is 0 Å². The summed E-state index contributed by atoms with van der Waals surface area (Å²) in [6.45, 7) is 2.78. The standard InChI is InChI=1S/C17H24ClN5O2.HI/c1-19-15(24)12-21-17(20-2)23-8-6-22(7-9-23)16(25)11-13-4-3-5-14(18)10-13;/h3-5,10H,6-9,11-12H2,1-2H3,(H,19,24)(H,20,21);1H. The van der Waals surface area contributed by atoms with Crippen molar-refractivity contribution >= 4 is 53.4 Å². The van der Waals surface area contributed by atoms with E-state index >= 15 is 0 Å². The number of hydrogen-bond donors (Lipinski definition) is 2. The summed E-state index contributed by atoms with van der Waals surface area (Å²) < 4.78 is 0. The lowest BCUT2D eigenvalue weighted by Crippen LogP contribution is -2.54. The molecule has 1 aliphatic rings. The summed E-state index contributed by atoms with van der Waals surface area (Å²) >= 11 is 5.97. The summed E-state index contributed by atoms with van der Waals surface area (Å²) in [5, 5.41) is 6.22. The Morgan fingerprint density at radius 3 is 2.42 bits per heavy atom. The van der Waals surface area contributed by atoms with E-state index in [1.807, 2.05) is 28.0 Å². The van der Waals surface area contributed by atoms with Crippen LogP contribution in [0.5, 0.6) is 0 Å². The van der Waals surface area contributed by atoms with Crippen LogP contribution in [-0.4, -0.2) is 74.4 Å². The number of halogens is 2. The first-order valence-corrected chi connectivity index (χ1v) is 8.59. The third-order valence-corrected chi connectivity index (χ3v) is 4.31. The Balaban J connectivity index is 0.00000338. The number of hydrogen-bond acceptors (Lipinski definition) is 3. The Morgan fingerprint density at radius 2 is 1.85 bits per heavy atom. The number of likely N-dealkylation sites (N-methyl/N-ethyl adjacent to an activating group) is 1. The SMILES string of the molecule is CN=C(NCC(=O)NC)N1CCN(C(=O)Cc2cccc(Cl)c2)CC1.I. The maximum absolute atomic E-state index is 12.4. The van der Waals surface area contributed by atoms with Crippen LogP contribution in [0.3, 0.4) is 0 Å². The zero-order valence-corrected chi connectivity index (χ0v) is 18.1. The molecule has 26 heavy (non-hydrogen) atoms. The van der Waals surface area contributed by atoms with Crippen molar-refractivity contribution in [1.82, 2.24) is 20.4 Å². The highest BCUT2D eigenvalue weighted by Gasteiger charge is 2.23. The Hall–Kier alpha value is -1.55. The van der Waals surface area contributed by atoms with Gasteiger partial charge in [0.05, 0.1) is 13.0 Å². The maximum atomic E-state index is 12.4. The molecule has 1 aromatic rings. The minimum atomic E-state index is -0.100. The molecule has 1 aromatic carbocycles. The van der Waals surface area contributed by atoms with Crippen LogP contribution in [0.4, 0.5) is 0 Å². The fraction of sp³-hybridized carbons (Fsp3) is 0.471. The fourth-order valence-electron chi connectivity index (χ4n) is 2.68. The van der Waals surface area contributed by atoms with Crippen molar-refractivity contribution in [3.05, 3.63) is 34.9 Å². The van der Waals surface area contributed by atoms with E-state index in [9.17, 15) is 9.59 Å². The molecule has 0 saturated carbocycles. The van der Waals surface area contributed by atoms with Gasteiger partial charge in [-0.05, 0) is 17.7 Å². The van der Waals surface area contributed by atoms with Crippen LogP contribution in [0.1, 0.15) is 5.56 Å². The van der Waals surface area contributed by atoms with E-state index in [-0.39, 0.29) is 42.3 Å². The van der Waals surface area contributed by atoms with Gasteiger partial charge in [0.25, 0.3) is 0 Å². The smallest absolute Gasteiger partial charge is 0.239 e. The number of benzene rings is 1. The Bertz CT molecular complexity index is 648. The van der Waals surface area contributed by atoms with Crippen molar-refractivity contribution in [1.29, 1.82) is 0 Å². The first-order chi connectivity index (χ1) is 12.0. The molecule has 1 saturated heterocycles. The highest BCUT2D eigenvalue weighted by molar-refractivity contribution is 14.0. The fourth-order valence-corrected chi connectivity index (χ4v) is 2.89. The summed E-state index contributed by atoms with van der Waals surface area (Å²) in [5.74, 6) is 0.664. The average Bonchev–Trinajstić information content (AvgIpc) is 2.62. The predicted molar refractivity (Wildman–Crippen MR) is 114 cm³/mol. The molecule has 2 amide bonds. The molecule has 0 aromatic heterocycles. The van der Waals surface area contributed by atoms with Crippen molar-refractivity contribution in [2.24, 2.45) is 4.99 Å². The summed E-state index contributed by atoms with van der Waals surface area (Å²) in [6, 6.07) is 7.38. The van der Waals surface area contributed by atoms with Crippen LogP contribution in [-0.2, 0) is 16.0 Å². The van der Waals surface area contributed by atoms with Crippen molar-refractivity contribution in [3.8, 4) is 0 Å². The Labute approximate surface area is 176 Å². The molecule has 1 aliphatic heterocycles. The molecule has 2 rings (SSSR count). The van der Waals surface area contributed by atoms with Crippen LogP contribution in [0.25, 0.3) is 0 Å². The van der Waals surface area contributed by atoms with Crippen LogP contribution in [0, 0.1) is 0 Å². The molecule has 0 radical (unpaired) electrons. The van der Waals surface area contributed by atoms with Crippen LogP contribution < -0.4 is 10.6 Å². The van der Waals surface area contributed by atoms with Crippen LogP contribution >= 0.6 is 35.6 Å². The second-order valence-electron chi connectivity index (χ2n) is 5.75. The molecule has 7 nitrogen and oxygen atoms in total. The van der Waals surface area contributed by atoms with Gasteiger partial charge in [-0.1, -0.05) is 23.7 Å². The van der Waals surface area contributed by atoms with Gasteiger partial charge in [-0.3, -0.25) is 14.6 Å². The van der Waals surface area contributed by atoms with E-state index in [2.05, 4.69) is 15.6 Å². The van der Waals surface area contributed by atoms with Crippen molar-refractivity contribution in [2.45, 2.75) is 6.42 Å². The summed E-state index contributed by atoms with van der Waals surface area (Å²) in [5.41, 5.74) is 0.919. The second-order valence-corrected chi connectivity index (χ2v) is 6.18. The number of rotatable bonds is 4. The van der Waals surface area contributed by atoms with E-state index in [1.54, 1.807) is 20.2 Å². The van der Waals surface area contributed by atoms with E-state index in [1.165, 1.54) is 0 Å². The third-order valence-electron chi connectivity index (χ3n) is 4.07. The number of carbonyl (C=O) groups is 2. The minimum absolute atomic E-state index is 0. The zero-order valence-electron chi connectivity index (χ0n) is 15.0. The molecule has 0 atom stereocenters. The third kappa shape index (κ3) is 6.64. The van der Waals surface area contributed by atoms with Gasteiger partial charge >= 0.3 is 0 Å². The van der Waals surface area contributed by atoms with Crippen LogP contribution in [0.2, 0.25) is 5.02 Å². The molecule has 0 aliphatic carbocycles. The highest BCUT2D eigenvalue weighted by Crippen LogP contribution is 2.13. The Morgan fingerprint density at radius 1 is 1.19 bits per heavy atom. The van der Waals surface area contributed by atoms with E-state index < -0.39 is 0 Å². The largest absolute Gasteiger partial charge is 0.358 e. The van der Waals surface area contributed by atoms with Gasteiger partial charge in [0.1, 0.15) is 0 Å². The summed E-state index contributed by atoms with van der Waals surface area (Å²) in [6.07, 6.45) is 0.351. The van der Waals surface area contributed by atoms with Gasteiger partial charge in [-0.15, -0.1) is 24.0 Å². The minimum Gasteiger partial charge on any atom is -0.358 e. The molecule has 9 heteroatoms. The summed E-state index contributed by atoms with van der Waals surface area (Å²) in [7, 11) is 3.28. The lowest BCUT2D eigenvalue weighted by atomic mass is 10.1. The highest BCUT2D eigenvalue weighted by atomic mass is 127. The normalized spacial score (nSPS) is 14.5. The molecular formula is C17H25ClIN5O2. The monoisotopic (exact) mass is 493 g/mol. The quantitative estimate of drug-likeness (QED) is 0.372. The zero-order chi connectivity index (χ0) is 18.2. The van der Waals surface area contributed by atoms with Gasteiger partial charge in [-0.2, -0.15) is 0 Å². The number of nitrogens with one attached hydrogen (secondary N) is 2. The number of carbonyl (C=O) groups excluding carboxylic acids is 2. The molecule has 144 valence electrons. The van der Waals surface area contributed by atoms with Crippen molar-refractivity contribution < 1.29 is 9.59 Å². The first kappa shape index (κ1) is 22.5. The number of amides is 2. The lowest BCUT2D eigenvalue weighted by Gasteiger charge is -2.36. The maximum Gasteiger partial charge on any atom is 0.239 e. The molecule has 0 spiro atoms. The van der Waals surface area contributed by atoms with E-state index in [0.29, 0.717) is 43.6 Å². The van der Waals surface area contributed by atoms with Gasteiger partial charge in [0.15, 0.2) is 5.96 Å². The van der Waals surface area contributed by atoms with Crippen molar-refractivity contribution in [2.75, 3.05) is 46.8 Å². The van der Waals surface area contributed by atoms with Gasteiger partial charge in [0, 0.05) is 45.3 Å². The lowest BCUT2D eigenvalue weighted by molar-refractivity contribution is -0.131. The molecule has 1 heterocycles. The predicted octanol–water partition coefficient (Wildman–Crippen LogP) is 0.966. The molecule has 0 bridgehead atoms. The number of aliphatic imine (C=N–C) groups is 1. The van der Waals surface area contributed by atoms with E-state index in [4.69, 9.17) is 11.6 Å². The van der Waals surface area contributed by atoms with E-state index in [0.717, 1.165) is 5.56 Å². The van der Waals surface area contributed by atoms with Gasteiger partial charge < -0.3 is 20.4 Å². The number of guanidine groups is 1. The first-order valence-electron chi connectivity index (χ1n) is 8.22. The summed E-state index contributed by atoms with van der Waals surface area (Å²) in [4.78, 5) is 31.9. The molecule has 2 N–H and O–H groups in total. The van der Waals surface area contributed by atoms with Gasteiger partial charge in [0.2, 0.25) is 11.8 Å². The molecule has 0 unspecified atom stereocenters. The Kier molecular flexibility index (Phi) is 9.71. The number of nitrogens with zero attached hydrogens (tertiary/aromatic N) is 3. The second kappa shape index (κ2) is 11.2. The average molecular weight is 494 g/mol. The van der Waals surface area contributed by atoms with Crippen LogP contribution in [0.15, 0.2) is 29.3 Å². The van der Waals surface area contributed by atoms with Gasteiger partial charge in [-0.25, -0.2) is 0 Å². The number of piperazine rings is 1. The molecule has 1 fully saturated rings. The topological polar surface area (TPSA) is 77.0 Å².